The second kappa shape index (κ2) is 8.39. The minimum Gasteiger partial charge on any atom is -0.465 e. The van der Waals surface area contributed by atoms with Gasteiger partial charge < -0.3 is 20.7 Å². The van der Waals surface area contributed by atoms with Gasteiger partial charge in [-0.25, -0.2) is 0 Å². The number of para-hydroxylation sites is 2. The Balaban J connectivity index is 1.85. The summed E-state index contributed by atoms with van der Waals surface area (Å²) in [5.41, 5.74) is 8.00. The number of rotatable bonds is 5. The fourth-order valence-corrected chi connectivity index (χ4v) is 3.86. The molecule has 3 rings (SSSR count). The Bertz CT molecular complexity index is 802. The number of piperidine rings is 1. The molecule has 0 aromatic heterocycles. The maximum absolute atomic E-state index is 12.9. The van der Waals surface area contributed by atoms with Crippen LogP contribution < -0.4 is 16.0 Å². The van der Waals surface area contributed by atoms with Crippen molar-refractivity contribution >= 4 is 34.7 Å². The molecular formula is C21H25N3O2S. The Labute approximate surface area is 165 Å². The van der Waals surface area contributed by atoms with Crippen molar-refractivity contribution in [2.75, 3.05) is 29.9 Å². The van der Waals surface area contributed by atoms with E-state index in [1.54, 1.807) is 0 Å². The third kappa shape index (κ3) is 4.06. The molecule has 1 fully saturated rings. The molecule has 0 spiro atoms. The normalized spacial score (nSPS) is 15.8. The highest BCUT2D eigenvalue weighted by Crippen LogP contribution is 2.39. The van der Waals surface area contributed by atoms with Crippen LogP contribution in [-0.2, 0) is 14.9 Å². The molecule has 1 aliphatic rings. The van der Waals surface area contributed by atoms with Gasteiger partial charge in [0.1, 0.15) is 0 Å². The Morgan fingerprint density at radius 2 is 1.78 bits per heavy atom. The summed E-state index contributed by atoms with van der Waals surface area (Å²) in [6.45, 7) is 3.72. The number of nitrogens with two attached hydrogens (primary N) is 1. The van der Waals surface area contributed by atoms with Crippen molar-refractivity contribution in [3.05, 3.63) is 60.2 Å². The standard InChI is InChI=1S/C21H25N3O2S/c1-2-26-19(25)21(16-8-4-3-5-9-16)12-14-24(15-13-21)18-11-7-6-10-17(18)23-20(22)27/h3-11H,2,12-15H2,1H3,(H3,22,23,27). The molecule has 5 nitrogen and oxygen atoms in total. The fraction of sp³-hybridized carbons (Fsp3) is 0.333. The van der Waals surface area contributed by atoms with Crippen LogP contribution in [-0.4, -0.2) is 30.8 Å². The minimum absolute atomic E-state index is 0.134. The van der Waals surface area contributed by atoms with Crippen LogP contribution in [0.3, 0.4) is 0 Å². The number of esters is 1. The van der Waals surface area contributed by atoms with Gasteiger partial charge in [0.2, 0.25) is 0 Å². The monoisotopic (exact) mass is 383 g/mol. The van der Waals surface area contributed by atoms with Gasteiger partial charge in [-0.15, -0.1) is 0 Å². The van der Waals surface area contributed by atoms with E-state index in [2.05, 4.69) is 10.2 Å². The molecule has 0 radical (unpaired) electrons. The maximum Gasteiger partial charge on any atom is 0.316 e. The minimum atomic E-state index is -0.598. The number of carbonyl (C=O) groups excluding carboxylic acids is 1. The van der Waals surface area contributed by atoms with Gasteiger partial charge in [-0.3, -0.25) is 4.79 Å². The van der Waals surface area contributed by atoms with E-state index in [9.17, 15) is 4.79 Å². The molecule has 3 N–H and O–H groups in total. The second-order valence-electron chi connectivity index (χ2n) is 6.66. The van der Waals surface area contributed by atoms with Crippen LogP contribution in [0.4, 0.5) is 11.4 Å². The highest BCUT2D eigenvalue weighted by atomic mass is 32.1. The van der Waals surface area contributed by atoms with Gasteiger partial charge in [-0.05, 0) is 49.7 Å². The predicted octanol–water partition coefficient (Wildman–Crippen LogP) is 3.44. The number of anilines is 2. The average Bonchev–Trinajstić information content (AvgIpc) is 2.69. The van der Waals surface area contributed by atoms with Crippen molar-refractivity contribution in [1.82, 2.24) is 0 Å². The molecule has 0 unspecified atom stereocenters. The number of nitrogens with zero attached hydrogens (tertiary/aromatic N) is 1. The molecule has 27 heavy (non-hydrogen) atoms. The van der Waals surface area contributed by atoms with E-state index >= 15 is 0 Å². The lowest BCUT2D eigenvalue weighted by Gasteiger charge is -2.41. The summed E-state index contributed by atoms with van der Waals surface area (Å²) in [7, 11) is 0. The third-order valence-electron chi connectivity index (χ3n) is 5.11. The van der Waals surface area contributed by atoms with Gasteiger partial charge in [0.05, 0.1) is 23.4 Å². The summed E-state index contributed by atoms with van der Waals surface area (Å²) >= 11 is 4.99. The number of carbonyl (C=O) groups is 1. The van der Waals surface area contributed by atoms with Gasteiger partial charge in [0, 0.05) is 13.1 Å². The Hall–Kier alpha value is -2.60. The van der Waals surface area contributed by atoms with Gasteiger partial charge in [-0.2, -0.15) is 0 Å². The molecule has 1 saturated heterocycles. The van der Waals surface area contributed by atoms with Crippen molar-refractivity contribution in [3.63, 3.8) is 0 Å². The van der Waals surface area contributed by atoms with Crippen LogP contribution >= 0.6 is 12.2 Å². The Morgan fingerprint density at radius 1 is 1.15 bits per heavy atom. The topological polar surface area (TPSA) is 67.6 Å². The highest BCUT2D eigenvalue weighted by Gasteiger charge is 2.44. The second-order valence-corrected chi connectivity index (χ2v) is 7.10. The van der Waals surface area contributed by atoms with E-state index in [4.69, 9.17) is 22.7 Å². The number of benzene rings is 2. The van der Waals surface area contributed by atoms with E-state index in [1.165, 1.54) is 0 Å². The molecule has 2 aromatic carbocycles. The predicted molar refractivity (Wildman–Crippen MR) is 113 cm³/mol. The maximum atomic E-state index is 12.9. The van der Waals surface area contributed by atoms with Crippen molar-refractivity contribution in [2.45, 2.75) is 25.2 Å². The van der Waals surface area contributed by atoms with Gasteiger partial charge >= 0.3 is 5.97 Å². The van der Waals surface area contributed by atoms with Gasteiger partial charge in [-0.1, -0.05) is 42.5 Å². The van der Waals surface area contributed by atoms with Crippen molar-refractivity contribution in [1.29, 1.82) is 0 Å². The molecule has 2 aromatic rings. The molecule has 0 bridgehead atoms. The van der Waals surface area contributed by atoms with E-state index in [1.807, 2.05) is 61.5 Å². The summed E-state index contributed by atoms with van der Waals surface area (Å²) in [6.07, 6.45) is 1.38. The summed E-state index contributed by atoms with van der Waals surface area (Å²) in [5, 5.41) is 3.28. The Morgan fingerprint density at radius 3 is 2.41 bits per heavy atom. The first-order valence-corrected chi connectivity index (χ1v) is 9.61. The van der Waals surface area contributed by atoms with E-state index in [0.29, 0.717) is 19.4 Å². The van der Waals surface area contributed by atoms with Crippen molar-refractivity contribution in [3.8, 4) is 0 Å². The smallest absolute Gasteiger partial charge is 0.316 e. The Kier molecular flexibility index (Phi) is 5.96. The number of hydrogen-bond donors (Lipinski definition) is 2. The molecule has 0 amide bonds. The SMILES string of the molecule is CCOC(=O)C1(c2ccccc2)CCN(c2ccccc2NC(N)=S)CC1. The molecule has 142 valence electrons. The van der Waals surface area contributed by atoms with Crippen molar-refractivity contribution in [2.24, 2.45) is 5.73 Å². The number of nitrogens with one attached hydrogen (secondary N) is 1. The summed E-state index contributed by atoms with van der Waals surface area (Å²) in [4.78, 5) is 15.2. The van der Waals surface area contributed by atoms with Crippen LogP contribution in [0.25, 0.3) is 0 Å². The first kappa shape index (κ1) is 19.2. The molecule has 0 aliphatic carbocycles. The highest BCUT2D eigenvalue weighted by molar-refractivity contribution is 7.80. The van der Waals surface area contributed by atoms with Crippen LogP contribution in [0.15, 0.2) is 54.6 Å². The number of thiocarbonyl (C=S) groups is 1. The van der Waals surface area contributed by atoms with Crippen molar-refractivity contribution < 1.29 is 9.53 Å². The first-order chi connectivity index (χ1) is 13.1. The van der Waals surface area contributed by atoms with Crippen LogP contribution in [0.2, 0.25) is 0 Å². The zero-order valence-corrected chi connectivity index (χ0v) is 16.3. The lowest BCUT2D eigenvalue weighted by atomic mass is 9.72. The molecular weight excluding hydrogens is 358 g/mol. The average molecular weight is 384 g/mol. The zero-order chi connectivity index (χ0) is 19.3. The van der Waals surface area contributed by atoms with E-state index in [-0.39, 0.29) is 11.1 Å². The van der Waals surface area contributed by atoms with Crippen LogP contribution in [0, 0.1) is 0 Å². The quantitative estimate of drug-likeness (QED) is 0.609. The molecule has 1 aliphatic heterocycles. The van der Waals surface area contributed by atoms with Gasteiger partial charge in [0.25, 0.3) is 0 Å². The number of ether oxygens (including phenoxy) is 1. The van der Waals surface area contributed by atoms with E-state index < -0.39 is 5.41 Å². The lowest BCUT2D eigenvalue weighted by molar-refractivity contribution is -0.151. The van der Waals surface area contributed by atoms with Crippen LogP contribution in [0.5, 0.6) is 0 Å². The molecule has 0 atom stereocenters. The van der Waals surface area contributed by atoms with E-state index in [0.717, 1.165) is 30.0 Å². The summed E-state index contributed by atoms with van der Waals surface area (Å²) in [5.74, 6) is -0.134. The lowest BCUT2D eigenvalue weighted by Crippen LogP contribution is -2.48. The third-order valence-corrected chi connectivity index (χ3v) is 5.21. The molecule has 6 heteroatoms. The summed E-state index contributed by atoms with van der Waals surface area (Å²) in [6, 6.07) is 17.9. The zero-order valence-electron chi connectivity index (χ0n) is 15.5. The molecule has 0 saturated carbocycles. The molecule has 1 heterocycles. The van der Waals surface area contributed by atoms with Crippen LogP contribution in [0.1, 0.15) is 25.3 Å². The summed E-state index contributed by atoms with van der Waals surface area (Å²) < 4.78 is 5.45. The fourth-order valence-electron chi connectivity index (χ4n) is 3.75. The largest absolute Gasteiger partial charge is 0.465 e. The van der Waals surface area contributed by atoms with Gasteiger partial charge in [0.15, 0.2) is 5.11 Å². The number of hydrogen-bond acceptors (Lipinski definition) is 4. The first-order valence-electron chi connectivity index (χ1n) is 9.20.